The van der Waals surface area contributed by atoms with E-state index in [2.05, 4.69) is 58.1 Å². The molecular weight excluding hydrogens is 923 g/mol. The van der Waals surface area contributed by atoms with Crippen LogP contribution in [0, 0.1) is 13.0 Å². The standard InChI is InChI=1S/C50H30F3N5.Pt/c1-30-24-25-54-46(26-30)58-44-27-32(22-23-36(44)40-28-39(31-12-4-2-5-13-31)41(29-45(40)58)50(51,52)53)34-17-11-21-43-48(34)56-49(57(43)33-14-6-3-7-15-33)38-19-10-18-37-35-16-8-9-20-42(35)55-47(37)38;/h2-26,28-29H,1H3;/q-2;+2. The molecule has 4 aromatic heterocycles. The van der Waals surface area contributed by atoms with Gasteiger partial charge in [0.15, 0.2) is 0 Å². The van der Waals surface area contributed by atoms with Crippen LogP contribution in [-0.2, 0) is 27.2 Å². The molecule has 286 valence electrons. The van der Waals surface area contributed by atoms with Gasteiger partial charge in [-0.2, -0.15) is 13.2 Å². The van der Waals surface area contributed by atoms with Gasteiger partial charge in [-0.1, -0.05) is 120 Å². The summed E-state index contributed by atoms with van der Waals surface area (Å²) >= 11 is 0. The van der Waals surface area contributed by atoms with Crippen molar-refractivity contribution in [3.8, 4) is 45.1 Å². The number of benzene rings is 7. The molecular formula is C50H30F3N5Pt. The van der Waals surface area contributed by atoms with Crippen molar-refractivity contribution in [2.24, 2.45) is 0 Å². The van der Waals surface area contributed by atoms with Gasteiger partial charge in [0.2, 0.25) is 0 Å². The quantitative estimate of drug-likeness (QED) is 0.162. The molecule has 4 heterocycles. The van der Waals surface area contributed by atoms with Crippen LogP contribution in [0.3, 0.4) is 0 Å². The molecule has 11 aromatic rings. The molecule has 0 aliphatic heterocycles. The van der Waals surface area contributed by atoms with Gasteiger partial charge in [0.05, 0.1) is 16.6 Å². The van der Waals surface area contributed by atoms with Crippen molar-refractivity contribution in [1.29, 1.82) is 0 Å². The molecule has 0 unspecified atom stereocenters. The fourth-order valence-corrected chi connectivity index (χ4v) is 8.43. The number of hydrogen-bond acceptors (Lipinski definition) is 2. The second kappa shape index (κ2) is 14.0. The summed E-state index contributed by atoms with van der Waals surface area (Å²) in [5, 5.41) is 3.57. The smallest absolute Gasteiger partial charge is 0.656 e. The molecule has 0 radical (unpaired) electrons. The number of halogens is 3. The van der Waals surface area contributed by atoms with E-state index in [1.54, 1.807) is 47.2 Å². The van der Waals surface area contributed by atoms with Crippen molar-refractivity contribution in [1.82, 2.24) is 24.1 Å². The molecule has 0 fully saturated rings. The Morgan fingerprint density at radius 2 is 1.34 bits per heavy atom. The summed E-state index contributed by atoms with van der Waals surface area (Å²) < 4.78 is 48.7. The van der Waals surface area contributed by atoms with Crippen molar-refractivity contribution >= 4 is 54.6 Å². The maximum Gasteiger partial charge on any atom is 2.00 e. The Hall–Kier alpha value is -6.76. The van der Waals surface area contributed by atoms with Crippen molar-refractivity contribution in [2.75, 3.05) is 0 Å². The topological polar surface area (TPSA) is 49.7 Å². The van der Waals surface area contributed by atoms with Gasteiger partial charge in [0.1, 0.15) is 11.6 Å². The van der Waals surface area contributed by atoms with Crippen LogP contribution in [-0.4, -0.2) is 19.1 Å². The summed E-state index contributed by atoms with van der Waals surface area (Å²) in [5.41, 5.74) is 8.70. The van der Waals surface area contributed by atoms with Crippen LogP contribution < -0.4 is 4.98 Å². The third-order valence-corrected chi connectivity index (χ3v) is 11.0. The number of nitrogens with zero attached hydrogens (tertiary/aromatic N) is 5. The summed E-state index contributed by atoms with van der Waals surface area (Å²) in [4.78, 5) is 15.2. The van der Waals surface area contributed by atoms with Gasteiger partial charge in [-0.15, -0.1) is 34.8 Å². The molecule has 9 heteroatoms. The van der Waals surface area contributed by atoms with Crippen LogP contribution in [0.25, 0.3) is 99.8 Å². The average molecular weight is 953 g/mol. The van der Waals surface area contributed by atoms with Gasteiger partial charge >= 0.3 is 27.2 Å². The first kappa shape index (κ1) is 36.6. The van der Waals surface area contributed by atoms with E-state index in [0.29, 0.717) is 27.8 Å². The summed E-state index contributed by atoms with van der Waals surface area (Å²) in [7, 11) is 0. The number of pyridine rings is 1. The zero-order chi connectivity index (χ0) is 39.1. The van der Waals surface area contributed by atoms with Gasteiger partial charge < -0.3 is 9.55 Å². The van der Waals surface area contributed by atoms with Crippen molar-refractivity contribution in [3.63, 3.8) is 0 Å². The monoisotopic (exact) mass is 952 g/mol. The summed E-state index contributed by atoms with van der Waals surface area (Å²) in [5.74, 6) is 1.25. The number of para-hydroxylation sites is 4. The maximum atomic E-state index is 14.9. The maximum absolute atomic E-state index is 14.9. The molecule has 0 N–H and O–H groups in total. The molecule has 0 aliphatic carbocycles. The van der Waals surface area contributed by atoms with E-state index >= 15 is 0 Å². The van der Waals surface area contributed by atoms with E-state index in [1.165, 1.54) is 6.07 Å². The first-order valence-electron chi connectivity index (χ1n) is 18.9. The third-order valence-electron chi connectivity index (χ3n) is 11.0. The van der Waals surface area contributed by atoms with Crippen LogP contribution in [0.1, 0.15) is 11.1 Å². The second-order valence-corrected chi connectivity index (χ2v) is 14.6. The molecule has 11 rings (SSSR count). The number of aromatic nitrogens is 5. The number of imidazole rings is 1. The Balaban J connectivity index is 0.00000420. The Morgan fingerprint density at radius 3 is 2.14 bits per heavy atom. The van der Waals surface area contributed by atoms with Gasteiger partial charge in [-0.25, -0.2) is 9.97 Å². The minimum atomic E-state index is -4.60. The molecule has 0 bridgehead atoms. The van der Waals surface area contributed by atoms with Crippen LogP contribution in [0.2, 0.25) is 0 Å². The Kier molecular flexibility index (Phi) is 8.65. The van der Waals surface area contributed by atoms with Gasteiger partial charge in [0.25, 0.3) is 0 Å². The van der Waals surface area contributed by atoms with E-state index in [0.717, 1.165) is 72.0 Å². The molecule has 0 saturated carbocycles. The normalized spacial score (nSPS) is 11.9. The number of alkyl halides is 3. The summed E-state index contributed by atoms with van der Waals surface area (Å²) in [6.45, 7) is 1.94. The molecule has 0 atom stereocenters. The zero-order valence-corrected chi connectivity index (χ0v) is 33.5. The largest absolute Gasteiger partial charge is 2.00 e. The molecule has 5 nitrogen and oxygen atoms in total. The first-order chi connectivity index (χ1) is 28.3. The van der Waals surface area contributed by atoms with Crippen LogP contribution >= 0.6 is 0 Å². The van der Waals surface area contributed by atoms with Crippen LogP contribution in [0.4, 0.5) is 13.2 Å². The number of fused-ring (bicyclic) bond motifs is 7. The van der Waals surface area contributed by atoms with Gasteiger partial charge in [-0.05, 0) is 81.7 Å². The minimum absolute atomic E-state index is 0. The van der Waals surface area contributed by atoms with Crippen LogP contribution in [0.15, 0.2) is 164 Å². The molecule has 59 heavy (non-hydrogen) atoms. The average Bonchev–Trinajstić information content (AvgIpc) is 3.93. The molecule has 0 spiro atoms. The van der Waals surface area contributed by atoms with E-state index < -0.39 is 11.7 Å². The molecule has 7 aromatic carbocycles. The first-order valence-corrected chi connectivity index (χ1v) is 18.9. The van der Waals surface area contributed by atoms with Crippen LogP contribution in [0.5, 0.6) is 0 Å². The second-order valence-electron chi connectivity index (χ2n) is 14.6. The number of rotatable bonds is 5. The zero-order valence-electron chi connectivity index (χ0n) is 31.3. The summed E-state index contributed by atoms with van der Waals surface area (Å²) in [6.07, 6.45) is -2.92. The minimum Gasteiger partial charge on any atom is -0.656 e. The molecule has 0 saturated heterocycles. The summed E-state index contributed by atoms with van der Waals surface area (Å²) in [6, 6.07) is 53.6. The third kappa shape index (κ3) is 5.89. The fraction of sp³-hybridized carbons (Fsp3) is 0.0400. The van der Waals surface area contributed by atoms with Gasteiger partial charge in [-0.3, -0.25) is 4.57 Å². The molecule has 0 aliphatic rings. The van der Waals surface area contributed by atoms with E-state index in [9.17, 15) is 13.2 Å². The van der Waals surface area contributed by atoms with E-state index in [4.69, 9.17) is 9.97 Å². The van der Waals surface area contributed by atoms with E-state index in [-0.39, 0.29) is 26.6 Å². The van der Waals surface area contributed by atoms with Crippen molar-refractivity contribution in [2.45, 2.75) is 13.1 Å². The van der Waals surface area contributed by atoms with Crippen molar-refractivity contribution < 1.29 is 34.2 Å². The SMILES string of the molecule is Cc1ccnc(-n2c3[c-]c(-c4cccc5c4nc(-c4cccc6c4[n-]c4ccccc46)n5-c4ccccc4)ccc3c3cc(-c4ccccc4)c(C(F)(F)F)cc32)c1.[Pt+2]. The Morgan fingerprint density at radius 1 is 0.610 bits per heavy atom. The molecule has 0 amide bonds. The number of hydrogen-bond donors (Lipinski definition) is 0. The Bertz CT molecular complexity index is 3400. The number of aryl methyl sites for hydroxylation is 1. The van der Waals surface area contributed by atoms with Crippen molar-refractivity contribution in [3.05, 3.63) is 181 Å². The predicted molar refractivity (Wildman–Crippen MR) is 226 cm³/mol. The predicted octanol–water partition coefficient (Wildman–Crippen LogP) is 12.9. The van der Waals surface area contributed by atoms with E-state index in [1.807, 2.05) is 79.7 Å². The Labute approximate surface area is 350 Å². The fourth-order valence-electron chi connectivity index (χ4n) is 8.43. The van der Waals surface area contributed by atoms with Gasteiger partial charge in [0, 0.05) is 23.0 Å².